The van der Waals surface area contributed by atoms with Crippen LogP contribution in [0.4, 0.5) is 0 Å². The van der Waals surface area contributed by atoms with Crippen LogP contribution in [0.3, 0.4) is 0 Å². The summed E-state index contributed by atoms with van der Waals surface area (Å²) >= 11 is 0. The Hall–Kier alpha value is -0.730. The minimum absolute atomic E-state index is 0.0638. The summed E-state index contributed by atoms with van der Waals surface area (Å²) in [7, 11) is 2.07. The molecule has 0 aliphatic carbocycles. The van der Waals surface area contributed by atoms with Gasteiger partial charge in [0.2, 0.25) is 5.91 Å². The first kappa shape index (κ1) is 22.3. The second kappa shape index (κ2) is 14.4. The number of hydrogen-bond donors (Lipinski definition) is 0. The van der Waals surface area contributed by atoms with Crippen molar-refractivity contribution in [1.29, 1.82) is 0 Å². The van der Waals surface area contributed by atoms with E-state index in [1.807, 2.05) is 4.90 Å². The van der Waals surface area contributed by atoms with Gasteiger partial charge in [0, 0.05) is 32.8 Å². The van der Waals surface area contributed by atoms with Crippen LogP contribution < -0.4 is 0 Å². The van der Waals surface area contributed by atoms with Crippen molar-refractivity contribution in [2.24, 2.45) is 5.92 Å². The molecule has 0 aromatic rings. The Labute approximate surface area is 152 Å². The van der Waals surface area contributed by atoms with Gasteiger partial charge >= 0.3 is 0 Å². The standard InChI is InChI=1S/C18H36N2O5/c1-17(2)4-9-22-10-11-23-12-13-24-14-15-25-16-18(21)20-7-5-19(3)6-8-20/h17H,4-16H2,1-3H3. The molecule has 7 nitrogen and oxygen atoms in total. The average molecular weight is 360 g/mol. The zero-order chi connectivity index (χ0) is 18.3. The highest BCUT2D eigenvalue weighted by Crippen LogP contribution is 2.00. The Bertz CT molecular complexity index is 333. The third kappa shape index (κ3) is 12.3. The normalized spacial score (nSPS) is 15.9. The summed E-state index contributed by atoms with van der Waals surface area (Å²) in [4.78, 5) is 16.0. The van der Waals surface area contributed by atoms with Gasteiger partial charge in [-0.3, -0.25) is 4.79 Å². The van der Waals surface area contributed by atoms with Gasteiger partial charge in [0.05, 0.1) is 39.6 Å². The lowest BCUT2D eigenvalue weighted by molar-refractivity contribution is -0.138. The molecule has 1 rings (SSSR count). The van der Waals surface area contributed by atoms with Crippen LogP contribution in [-0.4, -0.2) is 102 Å². The highest BCUT2D eigenvalue weighted by atomic mass is 16.6. The molecule has 0 atom stereocenters. The van der Waals surface area contributed by atoms with E-state index in [4.69, 9.17) is 18.9 Å². The van der Waals surface area contributed by atoms with Gasteiger partial charge in [-0.15, -0.1) is 0 Å². The van der Waals surface area contributed by atoms with Crippen molar-refractivity contribution in [3.05, 3.63) is 0 Å². The quantitative estimate of drug-likeness (QED) is 0.429. The molecule has 1 heterocycles. The van der Waals surface area contributed by atoms with Gasteiger partial charge < -0.3 is 28.7 Å². The Morgan fingerprint density at radius 1 is 0.800 bits per heavy atom. The fourth-order valence-corrected chi connectivity index (χ4v) is 2.29. The van der Waals surface area contributed by atoms with Crippen LogP contribution in [0.2, 0.25) is 0 Å². The van der Waals surface area contributed by atoms with Crippen LogP contribution in [-0.2, 0) is 23.7 Å². The van der Waals surface area contributed by atoms with E-state index in [1.54, 1.807) is 0 Å². The largest absolute Gasteiger partial charge is 0.379 e. The highest BCUT2D eigenvalue weighted by Gasteiger charge is 2.18. The molecule has 1 fully saturated rings. The van der Waals surface area contributed by atoms with Gasteiger partial charge in [0.25, 0.3) is 0 Å². The van der Waals surface area contributed by atoms with Crippen molar-refractivity contribution in [3.8, 4) is 0 Å². The van der Waals surface area contributed by atoms with E-state index in [0.717, 1.165) is 39.2 Å². The number of rotatable bonds is 14. The molecule has 0 aromatic heterocycles. The van der Waals surface area contributed by atoms with E-state index in [2.05, 4.69) is 25.8 Å². The Morgan fingerprint density at radius 3 is 1.80 bits per heavy atom. The van der Waals surface area contributed by atoms with Crippen molar-refractivity contribution in [1.82, 2.24) is 9.80 Å². The minimum atomic E-state index is 0.0638. The fourth-order valence-electron chi connectivity index (χ4n) is 2.29. The summed E-state index contributed by atoms with van der Waals surface area (Å²) in [5, 5.41) is 0. The SMILES string of the molecule is CC(C)CCOCCOCCOCCOCC(=O)N1CCN(C)CC1. The zero-order valence-corrected chi connectivity index (χ0v) is 16.2. The Kier molecular flexibility index (Phi) is 12.9. The van der Waals surface area contributed by atoms with E-state index >= 15 is 0 Å². The van der Waals surface area contributed by atoms with E-state index in [9.17, 15) is 4.79 Å². The first-order valence-electron chi connectivity index (χ1n) is 9.37. The van der Waals surface area contributed by atoms with E-state index in [-0.39, 0.29) is 12.5 Å². The number of nitrogens with zero attached hydrogens (tertiary/aromatic N) is 2. The molecule has 148 valence electrons. The zero-order valence-electron chi connectivity index (χ0n) is 16.2. The molecule has 0 unspecified atom stereocenters. The smallest absolute Gasteiger partial charge is 0.248 e. The molecule has 0 spiro atoms. The summed E-state index contributed by atoms with van der Waals surface area (Å²) in [5.41, 5.74) is 0. The van der Waals surface area contributed by atoms with E-state index < -0.39 is 0 Å². The van der Waals surface area contributed by atoms with Gasteiger partial charge in [-0.2, -0.15) is 0 Å². The maximum atomic E-state index is 11.9. The summed E-state index contributed by atoms with van der Waals surface area (Å²) in [6.07, 6.45) is 1.08. The topological polar surface area (TPSA) is 60.5 Å². The lowest BCUT2D eigenvalue weighted by atomic mass is 10.1. The van der Waals surface area contributed by atoms with Crippen molar-refractivity contribution < 1.29 is 23.7 Å². The van der Waals surface area contributed by atoms with Crippen molar-refractivity contribution in [2.45, 2.75) is 20.3 Å². The van der Waals surface area contributed by atoms with E-state index in [1.165, 1.54) is 0 Å². The van der Waals surface area contributed by atoms with Crippen molar-refractivity contribution in [2.75, 3.05) is 86.1 Å². The van der Waals surface area contributed by atoms with Crippen LogP contribution in [0.1, 0.15) is 20.3 Å². The molecule has 0 radical (unpaired) electrons. The first-order chi connectivity index (χ1) is 12.1. The van der Waals surface area contributed by atoms with Gasteiger partial charge in [-0.05, 0) is 19.4 Å². The number of piperazine rings is 1. The lowest BCUT2D eigenvalue weighted by Crippen LogP contribution is -2.48. The molecular weight excluding hydrogens is 324 g/mol. The van der Waals surface area contributed by atoms with Crippen LogP contribution in [0.15, 0.2) is 0 Å². The molecule has 1 saturated heterocycles. The number of hydrogen-bond acceptors (Lipinski definition) is 6. The van der Waals surface area contributed by atoms with Gasteiger partial charge in [0.1, 0.15) is 6.61 Å². The Morgan fingerprint density at radius 2 is 1.28 bits per heavy atom. The van der Waals surface area contributed by atoms with Crippen LogP contribution >= 0.6 is 0 Å². The highest BCUT2D eigenvalue weighted by molar-refractivity contribution is 5.77. The molecule has 1 amide bonds. The second-order valence-electron chi connectivity index (χ2n) is 6.76. The molecular formula is C18H36N2O5. The van der Waals surface area contributed by atoms with Crippen LogP contribution in [0, 0.1) is 5.92 Å². The number of ether oxygens (including phenoxy) is 4. The van der Waals surface area contributed by atoms with Gasteiger partial charge in [-0.25, -0.2) is 0 Å². The second-order valence-corrected chi connectivity index (χ2v) is 6.76. The third-order valence-electron chi connectivity index (χ3n) is 4.04. The summed E-state index contributed by atoms with van der Waals surface area (Å²) < 4.78 is 21.7. The summed E-state index contributed by atoms with van der Waals surface area (Å²) in [6.45, 7) is 11.9. The minimum Gasteiger partial charge on any atom is -0.379 e. The van der Waals surface area contributed by atoms with Crippen molar-refractivity contribution in [3.63, 3.8) is 0 Å². The molecule has 1 aliphatic heterocycles. The fraction of sp³-hybridized carbons (Fsp3) is 0.944. The molecule has 0 saturated carbocycles. The van der Waals surface area contributed by atoms with Crippen molar-refractivity contribution >= 4 is 5.91 Å². The molecule has 7 heteroatoms. The predicted molar refractivity (Wildman–Crippen MR) is 96.8 cm³/mol. The monoisotopic (exact) mass is 360 g/mol. The summed E-state index contributed by atoms with van der Waals surface area (Å²) in [6, 6.07) is 0. The molecule has 1 aliphatic rings. The predicted octanol–water partition coefficient (Wildman–Crippen LogP) is 0.873. The number of carbonyl (C=O) groups is 1. The van der Waals surface area contributed by atoms with Gasteiger partial charge in [-0.1, -0.05) is 13.8 Å². The molecule has 0 bridgehead atoms. The van der Waals surface area contributed by atoms with Crippen LogP contribution in [0.25, 0.3) is 0 Å². The Balaban J connectivity index is 1.79. The maximum Gasteiger partial charge on any atom is 0.248 e. The molecule has 25 heavy (non-hydrogen) atoms. The maximum absolute atomic E-state index is 11.9. The molecule has 0 aromatic carbocycles. The first-order valence-corrected chi connectivity index (χ1v) is 9.37. The molecule has 0 N–H and O–H groups in total. The number of carbonyl (C=O) groups excluding carboxylic acids is 1. The number of likely N-dealkylation sites (N-methyl/N-ethyl adjacent to an activating group) is 1. The lowest BCUT2D eigenvalue weighted by Gasteiger charge is -2.32. The van der Waals surface area contributed by atoms with Gasteiger partial charge in [0.15, 0.2) is 0 Å². The summed E-state index contributed by atoms with van der Waals surface area (Å²) in [5.74, 6) is 0.738. The van der Waals surface area contributed by atoms with E-state index in [0.29, 0.717) is 45.6 Å². The third-order valence-corrected chi connectivity index (χ3v) is 4.04. The number of amides is 1. The van der Waals surface area contributed by atoms with Crippen LogP contribution in [0.5, 0.6) is 0 Å². The average Bonchev–Trinajstić information content (AvgIpc) is 2.59.